The standard InChI is InChI=1S/C17H30N2/c1-7-13-18-14(3)15-9-11-16(12-10-15)19(6)17(4,5)8-2/h9-12,14,18H,7-8,13H2,1-6H3. The highest BCUT2D eigenvalue weighted by molar-refractivity contribution is 5.49. The summed E-state index contributed by atoms with van der Waals surface area (Å²) in [6.07, 6.45) is 2.32. The Balaban J connectivity index is 2.76. The summed E-state index contributed by atoms with van der Waals surface area (Å²) in [7, 11) is 2.18. The van der Waals surface area contributed by atoms with Crippen LogP contribution in [0.3, 0.4) is 0 Å². The van der Waals surface area contributed by atoms with E-state index >= 15 is 0 Å². The predicted octanol–water partition coefficient (Wildman–Crippen LogP) is 4.37. The maximum atomic E-state index is 3.53. The van der Waals surface area contributed by atoms with Crippen LogP contribution in [0.5, 0.6) is 0 Å². The first-order chi connectivity index (χ1) is 8.92. The SMILES string of the molecule is CCCNC(C)c1ccc(N(C)C(C)(C)CC)cc1. The van der Waals surface area contributed by atoms with Gasteiger partial charge in [-0.3, -0.25) is 0 Å². The van der Waals surface area contributed by atoms with Gasteiger partial charge in [-0.05, 0) is 57.9 Å². The molecule has 0 aliphatic rings. The fourth-order valence-electron chi connectivity index (χ4n) is 2.05. The molecule has 2 heteroatoms. The van der Waals surface area contributed by atoms with Gasteiger partial charge in [0, 0.05) is 24.3 Å². The zero-order valence-electron chi connectivity index (χ0n) is 13.5. The van der Waals surface area contributed by atoms with Crippen LogP contribution in [-0.4, -0.2) is 19.1 Å². The zero-order valence-corrected chi connectivity index (χ0v) is 13.5. The van der Waals surface area contributed by atoms with Gasteiger partial charge >= 0.3 is 0 Å². The molecule has 0 aromatic heterocycles. The van der Waals surface area contributed by atoms with Crippen molar-refractivity contribution in [2.24, 2.45) is 0 Å². The molecule has 2 nitrogen and oxygen atoms in total. The predicted molar refractivity (Wildman–Crippen MR) is 85.9 cm³/mol. The molecule has 0 fully saturated rings. The molecule has 1 aromatic rings. The molecule has 0 saturated heterocycles. The fraction of sp³-hybridized carbons (Fsp3) is 0.647. The van der Waals surface area contributed by atoms with Crippen molar-refractivity contribution in [3.63, 3.8) is 0 Å². The summed E-state index contributed by atoms with van der Waals surface area (Å²) in [6, 6.07) is 9.38. The molecule has 1 unspecified atom stereocenters. The summed E-state index contributed by atoms with van der Waals surface area (Å²) < 4.78 is 0. The molecule has 0 spiro atoms. The number of hydrogen-bond donors (Lipinski definition) is 1. The molecule has 1 N–H and O–H groups in total. The van der Waals surface area contributed by atoms with E-state index in [4.69, 9.17) is 0 Å². The van der Waals surface area contributed by atoms with Crippen molar-refractivity contribution >= 4 is 5.69 Å². The number of nitrogens with zero attached hydrogens (tertiary/aromatic N) is 1. The van der Waals surface area contributed by atoms with Crippen LogP contribution in [0.4, 0.5) is 5.69 Å². The molecule has 108 valence electrons. The minimum atomic E-state index is 0.202. The quantitative estimate of drug-likeness (QED) is 0.785. The highest BCUT2D eigenvalue weighted by atomic mass is 15.2. The number of nitrogens with one attached hydrogen (secondary N) is 1. The highest BCUT2D eigenvalue weighted by Crippen LogP contribution is 2.26. The van der Waals surface area contributed by atoms with E-state index in [1.165, 1.54) is 17.7 Å². The Kier molecular flexibility index (Phi) is 5.86. The van der Waals surface area contributed by atoms with E-state index in [2.05, 4.69) is 76.1 Å². The Hall–Kier alpha value is -1.02. The second kappa shape index (κ2) is 6.95. The van der Waals surface area contributed by atoms with Gasteiger partial charge in [-0.2, -0.15) is 0 Å². The van der Waals surface area contributed by atoms with Crippen molar-refractivity contribution < 1.29 is 0 Å². The van der Waals surface area contributed by atoms with Gasteiger partial charge < -0.3 is 10.2 Å². The van der Waals surface area contributed by atoms with Crippen LogP contribution < -0.4 is 10.2 Å². The molecule has 1 rings (SSSR count). The second-order valence-electron chi connectivity index (χ2n) is 5.99. The summed E-state index contributed by atoms with van der Waals surface area (Å²) in [4.78, 5) is 2.36. The third-order valence-corrected chi connectivity index (χ3v) is 4.25. The second-order valence-corrected chi connectivity index (χ2v) is 5.99. The van der Waals surface area contributed by atoms with E-state index in [0.29, 0.717) is 6.04 Å². The molecule has 1 aromatic carbocycles. The first-order valence-corrected chi connectivity index (χ1v) is 7.49. The van der Waals surface area contributed by atoms with Gasteiger partial charge in [0.2, 0.25) is 0 Å². The van der Waals surface area contributed by atoms with Crippen molar-refractivity contribution in [1.82, 2.24) is 5.32 Å². The molecular formula is C17H30N2. The van der Waals surface area contributed by atoms with Crippen LogP contribution in [0.1, 0.15) is 59.1 Å². The average molecular weight is 262 g/mol. The van der Waals surface area contributed by atoms with Crippen molar-refractivity contribution in [3.05, 3.63) is 29.8 Å². The van der Waals surface area contributed by atoms with Crippen molar-refractivity contribution in [2.45, 2.75) is 59.0 Å². The van der Waals surface area contributed by atoms with E-state index in [9.17, 15) is 0 Å². The molecule has 0 radical (unpaired) electrons. The molecule has 0 bridgehead atoms. The Morgan fingerprint density at radius 2 is 1.74 bits per heavy atom. The average Bonchev–Trinajstić information content (AvgIpc) is 2.44. The van der Waals surface area contributed by atoms with Crippen molar-refractivity contribution in [1.29, 1.82) is 0 Å². The van der Waals surface area contributed by atoms with Crippen LogP contribution in [-0.2, 0) is 0 Å². The molecule has 0 amide bonds. The van der Waals surface area contributed by atoms with E-state index in [1.54, 1.807) is 0 Å². The van der Waals surface area contributed by atoms with E-state index in [0.717, 1.165) is 13.0 Å². The minimum Gasteiger partial charge on any atom is -0.369 e. The van der Waals surface area contributed by atoms with Gasteiger partial charge in [-0.1, -0.05) is 26.0 Å². The van der Waals surface area contributed by atoms with Crippen LogP contribution >= 0.6 is 0 Å². The van der Waals surface area contributed by atoms with Gasteiger partial charge in [0.1, 0.15) is 0 Å². The van der Waals surface area contributed by atoms with E-state index in [1.807, 2.05) is 0 Å². The van der Waals surface area contributed by atoms with Crippen LogP contribution in [0, 0.1) is 0 Å². The first kappa shape index (κ1) is 16.0. The maximum Gasteiger partial charge on any atom is 0.0368 e. The smallest absolute Gasteiger partial charge is 0.0368 e. The summed E-state index contributed by atoms with van der Waals surface area (Å²) >= 11 is 0. The van der Waals surface area contributed by atoms with Crippen LogP contribution in [0.25, 0.3) is 0 Å². The Morgan fingerprint density at radius 1 is 1.16 bits per heavy atom. The monoisotopic (exact) mass is 262 g/mol. The lowest BCUT2D eigenvalue weighted by atomic mass is 9.98. The van der Waals surface area contributed by atoms with Crippen molar-refractivity contribution in [2.75, 3.05) is 18.5 Å². The number of hydrogen-bond acceptors (Lipinski definition) is 2. The lowest BCUT2D eigenvalue weighted by Crippen LogP contribution is -2.40. The van der Waals surface area contributed by atoms with Gasteiger partial charge in [0.05, 0.1) is 0 Å². The highest BCUT2D eigenvalue weighted by Gasteiger charge is 2.21. The summed E-state index contributed by atoms with van der Waals surface area (Å²) in [5, 5.41) is 3.53. The molecule has 0 heterocycles. The normalized spacial score (nSPS) is 13.4. The van der Waals surface area contributed by atoms with E-state index < -0.39 is 0 Å². The molecule has 0 aliphatic carbocycles. The molecule has 0 aliphatic heterocycles. The Bertz CT molecular complexity index is 367. The van der Waals surface area contributed by atoms with Gasteiger partial charge in [-0.15, -0.1) is 0 Å². The van der Waals surface area contributed by atoms with E-state index in [-0.39, 0.29) is 5.54 Å². The Labute approximate surface area is 119 Å². The van der Waals surface area contributed by atoms with Gasteiger partial charge in [-0.25, -0.2) is 0 Å². The van der Waals surface area contributed by atoms with Crippen LogP contribution in [0.2, 0.25) is 0 Å². The Morgan fingerprint density at radius 3 is 2.21 bits per heavy atom. The maximum absolute atomic E-state index is 3.53. The fourth-order valence-corrected chi connectivity index (χ4v) is 2.05. The third kappa shape index (κ3) is 4.24. The summed E-state index contributed by atoms with van der Waals surface area (Å²) in [5.41, 5.74) is 2.85. The largest absolute Gasteiger partial charge is 0.369 e. The van der Waals surface area contributed by atoms with Gasteiger partial charge in [0.25, 0.3) is 0 Å². The van der Waals surface area contributed by atoms with Crippen molar-refractivity contribution in [3.8, 4) is 0 Å². The third-order valence-electron chi connectivity index (χ3n) is 4.25. The number of rotatable bonds is 7. The molecule has 19 heavy (non-hydrogen) atoms. The number of anilines is 1. The lowest BCUT2D eigenvalue weighted by molar-refractivity contribution is 0.470. The lowest BCUT2D eigenvalue weighted by Gasteiger charge is -2.37. The summed E-state index contributed by atoms with van der Waals surface area (Å²) in [5.74, 6) is 0. The number of benzene rings is 1. The molecule has 0 saturated carbocycles. The molecular weight excluding hydrogens is 232 g/mol. The zero-order chi connectivity index (χ0) is 14.5. The van der Waals surface area contributed by atoms with Gasteiger partial charge in [0.15, 0.2) is 0 Å². The molecule has 1 atom stereocenters. The topological polar surface area (TPSA) is 15.3 Å². The minimum absolute atomic E-state index is 0.202. The van der Waals surface area contributed by atoms with Crippen LogP contribution in [0.15, 0.2) is 24.3 Å². The summed E-state index contributed by atoms with van der Waals surface area (Å²) in [6.45, 7) is 12.3. The first-order valence-electron chi connectivity index (χ1n) is 7.49.